The molecule has 0 bridgehead atoms. The van der Waals surface area contributed by atoms with Crippen LogP contribution >= 0.6 is 0 Å². The molecular formula is C29H48O4. The summed E-state index contributed by atoms with van der Waals surface area (Å²) in [4.78, 5) is 25.7. The zero-order valence-corrected chi connectivity index (χ0v) is 22.0. The van der Waals surface area contributed by atoms with Gasteiger partial charge < -0.3 is 9.47 Å². The Kier molecular flexibility index (Phi) is 14.1. The molecule has 33 heavy (non-hydrogen) atoms. The molecule has 0 spiro atoms. The van der Waals surface area contributed by atoms with Gasteiger partial charge in [0.15, 0.2) is 0 Å². The van der Waals surface area contributed by atoms with Gasteiger partial charge in [-0.2, -0.15) is 0 Å². The van der Waals surface area contributed by atoms with Crippen LogP contribution in [0.15, 0.2) is 30.3 Å². The van der Waals surface area contributed by atoms with Gasteiger partial charge in [-0.25, -0.2) is 0 Å². The summed E-state index contributed by atoms with van der Waals surface area (Å²) < 4.78 is 11.1. The van der Waals surface area contributed by atoms with Crippen LogP contribution in [0.3, 0.4) is 0 Å². The van der Waals surface area contributed by atoms with Crippen molar-refractivity contribution < 1.29 is 19.1 Å². The fourth-order valence-corrected chi connectivity index (χ4v) is 4.05. The Hall–Kier alpha value is -1.84. The second-order valence-electron chi connectivity index (χ2n) is 10.7. The molecule has 1 rings (SSSR count). The minimum absolute atomic E-state index is 0.0417. The number of carbonyl (C=O) groups is 2. The number of esters is 2. The average molecular weight is 461 g/mol. The van der Waals surface area contributed by atoms with Gasteiger partial charge in [-0.3, -0.25) is 9.59 Å². The summed E-state index contributed by atoms with van der Waals surface area (Å²) in [6.07, 6.45) is 8.58. The van der Waals surface area contributed by atoms with Crippen LogP contribution in [0.5, 0.6) is 0 Å². The summed E-state index contributed by atoms with van der Waals surface area (Å²) in [6.45, 7) is 13.7. The van der Waals surface area contributed by atoms with Gasteiger partial charge in [0.1, 0.15) is 0 Å². The van der Waals surface area contributed by atoms with Crippen molar-refractivity contribution in [2.75, 3.05) is 13.2 Å². The standard InChI is InChI=1S/C29H48O4/c1-23(2)16-10-8-14-20-32-27(30)22-26(29(5,6)25-18-12-7-13-19-25)28(31)33-21-15-9-11-17-24(3)4/h7,12-13,18-19,23-24,26H,8-11,14-17,20-22H2,1-6H3. The summed E-state index contributed by atoms with van der Waals surface area (Å²) in [7, 11) is 0. The number of unbranched alkanes of at least 4 members (excludes halogenated alkanes) is 4. The lowest BCUT2D eigenvalue weighted by molar-refractivity contribution is -0.157. The van der Waals surface area contributed by atoms with Gasteiger partial charge >= 0.3 is 11.9 Å². The van der Waals surface area contributed by atoms with Crippen molar-refractivity contribution in [2.24, 2.45) is 17.8 Å². The molecule has 4 nitrogen and oxygen atoms in total. The highest BCUT2D eigenvalue weighted by atomic mass is 16.5. The SMILES string of the molecule is CC(C)CCCCCOC(=O)CC(C(=O)OCCCCCC(C)C)C(C)(C)c1ccccc1. The number of hydrogen-bond donors (Lipinski definition) is 0. The lowest BCUT2D eigenvalue weighted by atomic mass is 9.72. The van der Waals surface area contributed by atoms with Crippen molar-refractivity contribution in [2.45, 2.75) is 105 Å². The predicted octanol–water partition coefficient (Wildman–Crippen LogP) is 7.49. The lowest BCUT2D eigenvalue weighted by Crippen LogP contribution is -2.38. The monoisotopic (exact) mass is 460 g/mol. The molecule has 0 heterocycles. The van der Waals surface area contributed by atoms with Gasteiger partial charge in [-0.1, -0.05) is 110 Å². The van der Waals surface area contributed by atoms with Crippen LogP contribution in [0.25, 0.3) is 0 Å². The normalized spacial score (nSPS) is 12.7. The van der Waals surface area contributed by atoms with Gasteiger partial charge in [0.25, 0.3) is 0 Å². The average Bonchev–Trinajstić information content (AvgIpc) is 2.76. The van der Waals surface area contributed by atoms with Crippen molar-refractivity contribution in [1.29, 1.82) is 0 Å². The number of carbonyl (C=O) groups excluding carboxylic acids is 2. The highest BCUT2D eigenvalue weighted by Gasteiger charge is 2.39. The minimum Gasteiger partial charge on any atom is -0.466 e. The fourth-order valence-electron chi connectivity index (χ4n) is 4.05. The van der Waals surface area contributed by atoms with E-state index in [1.165, 1.54) is 12.8 Å². The molecule has 1 aromatic rings. The molecule has 0 saturated heterocycles. The van der Waals surface area contributed by atoms with Crippen molar-refractivity contribution in [3.63, 3.8) is 0 Å². The lowest BCUT2D eigenvalue weighted by Gasteiger charge is -2.33. The summed E-state index contributed by atoms with van der Waals surface area (Å²) in [5.74, 6) is 0.201. The second kappa shape index (κ2) is 15.9. The topological polar surface area (TPSA) is 52.6 Å². The van der Waals surface area contributed by atoms with Gasteiger partial charge in [0.05, 0.1) is 25.6 Å². The van der Waals surface area contributed by atoms with E-state index in [1.54, 1.807) is 0 Å². The third kappa shape index (κ3) is 12.3. The van der Waals surface area contributed by atoms with E-state index >= 15 is 0 Å². The third-order valence-electron chi connectivity index (χ3n) is 6.40. The quantitative estimate of drug-likeness (QED) is 0.178. The number of rotatable bonds is 17. The molecule has 0 fully saturated rings. The molecule has 0 aliphatic rings. The minimum atomic E-state index is -0.580. The fraction of sp³-hybridized carbons (Fsp3) is 0.724. The van der Waals surface area contributed by atoms with Crippen LogP contribution in [0.1, 0.15) is 105 Å². The molecule has 0 aliphatic carbocycles. The summed E-state index contributed by atoms with van der Waals surface area (Å²) in [5, 5.41) is 0. The highest BCUT2D eigenvalue weighted by Crippen LogP contribution is 2.35. The first kappa shape index (κ1) is 29.2. The molecule has 188 valence electrons. The first-order valence-corrected chi connectivity index (χ1v) is 13.0. The molecule has 0 aliphatic heterocycles. The molecule has 1 aromatic carbocycles. The van der Waals surface area contributed by atoms with E-state index in [-0.39, 0.29) is 18.4 Å². The van der Waals surface area contributed by atoms with Crippen LogP contribution in [0, 0.1) is 17.8 Å². The van der Waals surface area contributed by atoms with Crippen LogP contribution in [0.2, 0.25) is 0 Å². The van der Waals surface area contributed by atoms with Crippen molar-refractivity contribution in [3.8, 4) is 0 Å². The molecule has 0 N–H and O–H groups in total. The Morgan fingerprint density at radius 1 is 0.758 bits per heavy atom. The Balaban J connectivity index is 2.64. The zero-order chi connectivity index (χ0) is 24.7. The Bertz CT molecular complexity index is 663. The van der Waals surface area contributed by atoms with Crippen molar-refractivity contribution >= 4 is 11.9 Å². The summed E-state index contributed by atoms with van der Waals surface area (Å²) >= 11 is 0. The molecule has 0 radical (unpaired) electrons. The maximum absolute atomic E-state index is 13.1. The molecule has 4 heteroatoms. The molecular weight excluding hydrogens is 412 g/mol. The van der Waals surface area contributed by atoms with Gasteiger partial charge in [-0.05, 0) is 30.2 Å². The van der Waals surface area contributed by atoms with Crippen molar-refractivity contribution in [3.05, 3.63) is 35.9 Å². The van der Waals surface area contributed by atoms with Gasteiger partial charge in [0, 0.05) is 5.41 Å². The predicted molar refractivity (Wildman–Crippen MR) is 136 cm³/mol. The molecule has 0 aromatic heterocycles. The Morgan fingerprint density at radius 3 is 1.79 bits per heavy atom. The van der Waals surface area contributed by atoms with E-state index in [1.807, 2.05) is 44.2 Å². The number of benzene rings is 1. The van der Waals surface area contributed by atoms with Gasteiger partial charge in [0.2, 0.25) is 0 Å². The Labute approximate surface area is 202 Å². The zero-order valence-electron chi connectivity index (χ0n) is 22.0. The maximum Gasteiger partial charge on any atom is 0.310 e. The van der Waals surface area contributed by atoms with E-state index in [9.17, 15) is 9.59 Å². The van der Waals surface area contributed by atoms with Crippen LogP contribution in [-0.4, -0.2) is 25.2 Å². The van der Waals surface area contributed by atoms with E-state index < -0.39 is 11.3 Å². The molecule has 0 amide bonds. The summed E-state index contributed by atoms with van der Waals surface area (Å²) in [5.41, 5.74) is 0.483. The smallest absolute Gasteiger partial charge is 0.310 e. The molecule has 1 atom stereocenters. The molecule has 1 unspecified atom stereocenters. The van der Waals surface area contributed by atoms with Crippen LogP contribution < -0.4 is 0 Å². The number of ether oxygens (including phenoxy) is 2. The molecule has 0 saturated carbocycles. The maximum atomic E-state index is 13.1. The third-order valence-corrected chi connectivity index (χ3v) is 6.40. The number of hydrogen-bond acceptors (Lipinski definition) is 4. The van der Waals surface area contributed by atoms with E-state index in [0.717, 1.165) is 44.1 Å². The summed E-state index contributed by atoms with van der Waals surface area (Å²) in [6, 6.07) is 9.89. The van der Waals surface area contributed by atoms with Crippen LogP contribution in [-0.2, 0) is 24.5 Å². The second-order valence-corrected chi connectivity index (χ2v) is 10.7. The van der Waals surface area contributed by atoms with Gasteiger partial charge in [-0.15, -0.1) is 0 Å². The van der Waals surface area contributed by atoms with E-state index in [2.05, 4.69) is 27.7 Å². The largest absolute Gasteiger partial charge is 0.466 e. The van der Waals surface area contributed by atoms with E-state index in [0.29, 0.717) is 25.0 Å². The highest BCUT2D eigenvalue weighted by molar-refractivity contribution is 5.81. The first-order chi connectivity index (χ1) is 15.6. The van der Waals surface area contributed by atoms with E-state index in [4.69, 9.17) is 9.47 Å². The first-order valence-electron chi connectivity index (χ1n) is 13.0. The van der Waals surface area contributed by atoms with Crippen LogP contribution in [0.4, 0.5) is 0 Å². The van der Waals surface area contributed by atoms with Crippen molar-refractivity contribution in [1.82, 2.24) is 0 Å². The Morgan fingerprint density at radius 2 is 1.27 bits per heavy atom.